The number of anilines is 1. The predicted molar refractivity (Wildman–Crippen MR) is 90.7 cm³/mol. The fourth-order valence-electron chi connectivity index (χ4n) is 1.91. The second-order valence-corrected chi connectivity index (χ2v) is 6.03. The van der Waals surface area contributed by atoms with Crippen LogP contribution in [0.4, 0.5) is 5.69 Å². The monoisotopic (exact) mass is 366 g/mol. The summed E-state index contributed by atoms with van der Waals surface area (Å²) in [4.78, 5) is 11.9. The topological polar surface area (TPSA) is 41.1 Å². The van der Waals surface area contributed by atoms with E-state index in [4.69, 9.17) is 11.6 Å². The van der Waals surface area contributed by atoms with Gasteiger partial charge >= 0.3 is 0 Å². The Morgan fingerprint density at radius 3 is 2.71 bits per heavy atom. The first-order valence-corrected chi connectivity index (χ1v) is 7.73. The average Bonchev–Trinajstić information content (AvgIpc) is 2.44. The molecule has 2 rings (SSSR count). The Kier molecular flexibility index (Phi) is 5.79. The van der Waals surface area contributed by atoms with Crippen molar-refractivity contribution in [3.63, 3.8) is 0 Å². The molecule has 0 aliphatic carbocycles. The van der Waals surface area contributed by atoms with Gasteiger partial charge in [-0.25, -0.2) is 0 Å². The lowest BCUT2D eigenvalue weighted by atomic mass is 10.2. The lowest BCUT2D eigenvalue weighted by Gasteiger charge is -2.10. The van der Waals surface area contributed by atoms with E-state index in [2.05, 4.69) is 26.6 Å². The molecule has 0 aromatic heterocycles. The van der Waals surface area contributed by atoms with Gasteiger partial charge in [0.25, 0.3) is 0 Å². The fraction of sp³-hybridized carbons (Fsp3) is 0.188. The lowest BCUT2D eigenvalue weighted by molar-refractivity contribution is -0.115. The van der Waals surface area contributed by atoms with Crippen LogP contribution in [-0.4, -0.2) is 12.5 Å². The number of amides is 1. The smallest absolute Gasteiger partial charge is 0.238 e. The minimum Gasteiger partial charge on any atom is -0.325 e. The van der Waals surface area contributed by atoms with E-state index in [9.17, 15) is 4.79 Å². The van der Waals surface area contributed by atoms with Crippen LogP contribution in [-0.2, 0) is 11.3 Å². The number of hydrogen-bond acceptors (Lipinski definition) is 2. The molecule has 2 N–H and O–H groups in total. The highest BCUT2D eigenvalue weighted by molar-refractivity contribution is 9.10. The molecule has 0 aliphatic heterocycles. The van der Waals surface area contributed by atoms with Gasteiger partial charge in [-0.3, -0.25) is 4.79 Å². The molecule has 0 atom stereocenters. The zero-order valence-electron chi connectivity index (χ0n) is 11.6. The molecule has 110 valence electrons. The van der Waals surface area contributed by atoms with Crippen molar-refractivity contribution in [2.45, 2.75) is 13.5 Å². The fourth-order valence-corrected chi connectivity index (χ4v) is 2.59. The van der Waals surface area contributed by atoms with Crippen LogP contribution in [0, 0.1) is 6.92 Å². The van der Waals surface area contributed by atoms with Crippen molar-refractivity contribution < 1.29 is 4.79 Å². The Hall–Kier alpha value is -1.36. The average molecular weight is 368 g/mol. The highest BCUT2D eigenvalue weighted by atomic mass is 79.9. The second kappa shape index (κ2) is 7.59. The molecule has 0 heterocycles. The van der Waals surface area contributed by atoms with Crippen molar-refractivity contribution in [2.24, 2.45) is 0 Å². The molecular formula is C16H16BrClN2O. The Morgan fingerprint density at radius 1 is 1.24 bits per heavy atom. The maximum atomic E-state index is 11.9. The van der Waals surface area contributed by atoms with E-state index < -0.39 is 0 Å². The minimum atomic E-state index is -0.0764. The minimum absolute atomic E-state index is 0.0764. The van der Waals surface area contributed by atoms with Crippen LogP contribution in [0.1, 0.15) is 11.1 Å². The molecule has 0 fully saturated rings. The highest BCUT2D eigenvalue weighted by Crippen LogP contribution is 2.19. The van der Waals surface area contributed by atoms with Crippen molar-refractivity contribution in [3.05, 3.63) is 63.1 Å². The molecule has 2 aromatic rings. The van der Waals surface area contributed by atoms with Crippen LogP contribution < -0.4 is 10.6 Å². The third kappa shape index (κ3) is 4.84. The molecule has 0 spiro atoms. The summed E-state index contributed by atoms with van der Waals surface area (Å²) >= 11 is 9.46. The maximum Gasteiger partial charge on any atom is 0.238 e. The van der Waals surface area contributed by atoms with Crippen molar-refractivity contribution in [1.29, 1.82) is 0 Å². The van der Waals surface area contributed by atoms with Crippen LogP contribution in [0.3, 0.4) is 0 Å². The zero-order valence-corrected chi connectivity index (χ0v) is 14.0. The first-order valence-electron chi connectivity index (χ1n) is 6.56. The Morgan fingerprint density at radius 2 is 2.00 bits per heavy atom. The third-order valence-electron chi connectivity index (χ3n) is 3.02. The van der Waals surface area contributed by atoms with Crippen molar-refractivity contribution in [3.8, 4) is 0 Å². The largest absolute Gasteiger partial charge is 0.325 e. The van der Waals surface area contributed by atoms with E-state index >= 15 is 0 Å². The van der Waals surface area contributed by atoms with Gasteiger partial charge in [-0.1, -0.05) is 45.7 Å². The summed E-state index contributed by atoms with van der Waals surface area (Å²) in [6, 6.07) is 13.3. The van der Waals surface area contributed by atoms with E-state index in [0.717, 1.165) is 21.3 Å². The molecule has 1 amide bonds. The van der Waals surface area contributed by atoms with Crippen LogP contribution in [0.2, 0.25) is 5.02 Å². The molecule has 21 heavy (non-hydrogen) atoms. The van der Waals surface area contributed by atoms with Gasteiger partial charge in [0.1, 0.15) is 0 Å². The second-order valence-electron chi connectivity index (χ2n) is 4.70. The number of nitrogens with one attached hydrogen (secondary N) is 2. The number of rotatable bonds is 5. The van der Waals surface area contributed by atoms with Gasteiger partial charge in [-0.2, -0.15) is 0 Å². The Bertz CT molecular complexity index is 646. The molecule has 5 heteroatoms. The molecule has 3 nitrogen and oxygen atoms in total. The van der Waals surface area contributed by atoms with Crippen LogP contribution in [0.15, 0.2) is 46.9 Å². The quantitative estimate of drug-likeness (QED) is 0.834. The lowest BCUT2D eigenvalue weighted by Crippen LogP contribution is -2.28. The Balaban J connectivity index is 1.84. The number of carbonyl (C=O) groups is 1. The zero-order chi connectivity index (χ0) is 15.2. The van der Waals surface area contributed by atoms with E-state index in [0.29, 0.717) is 11.6 Å². The maximum absolute atomic E-state index is 11.9. The summed E-state index contributed by atoms with van der Waals surface area (Å²) in [6.07, 6.45) is 0. The molecule has 0 saturated carbocycles. The van der Waals surface area contributed by atoms with E-state index in [1.807, 2.05) is 49.4 Å². The third-order valence-corrected chi connectivity index (χ3v) is 3.88. The van der Waals surface area contributed by atoms with E-state index in [1.165, 1.54) is 0 Å². The standard InChI is InChI=1S/C16H16BrClN2O/c1-11-8-13(17)6-7-15(11)20-16(21)10-19-9-12-4-2-3-5-14(12)18/h2-8,19H,9-10H2,1H3,(H,20,21). The predicted octanol–water partition coefficient (Wildman–Crippen LogP) is 4.14. The molecular weight excluding hydrogens is 352 g/mol. The molecule has 0 unspecified atom stereocenters. The van der Waals surface area contributed by atoms with Gasteiger partial charge < -0.3 is 10.6 Å². The first kappa shape index (κ1) is 16.0. The van der Waals surface area contributed by atoms with Crippen molar-refractivity contribution >= 4 is 39.1 Å². The first-order chi connectivity index (χ1) is 10.1. The van der Waals surface area contributed by atoms with Gasteiger partial charge in [-0.05, 0) is 42.3 Å². The van der Waals surface area contributed by atoms with Gasteiger partial charge in [0, 0.05) is 21.7 Å². The molecule has 0 radical (unpaired) electrons. The summed E-state index contributed by atoms with van der Waals surface area (Å²) < 4.78 is 0.995. The van der Waals surface area contributed by atoms with Gasteiger partial charge in [0.05, 0.1) is 6.54 Å². The molecule has 0 aliphatic rings. The number of carbonyl (C=O) groups excluding carboxylic acids is 1. The summed E-state index contributed by atoms with van der Waals surface area (Å²) in [5, 5.41) is 6.67. The van der Waals surface area contributed by atoms with E-state index in [-0.39, 0.29) is 12.5 Å². The normalized spacial score (nSPS) is 10.4. The number of aryl methyl sites for hydroxylation is 1. The SMILES string of the molecule is Cc1cc(Br)ccc1NC(=O)CNCc1ccccc1Cl. The van der Waals surface area contributed by atoms with Gasteiger partial charge in [0.2, 0.25) is 5.91 Å². The summed E-state index contributed by atoms with van der Waals surface area (Å²) in [7, 11) is 0. The Labute approximate surface area is 137 Å². The summed E-state index contributed by atoms with van der Waals surface area (Å²) in [5.41, 5.74) is 2.82. The van der Waals surface area contributed by atoms with Gasteiger partial charge in [-0.15, -0.1) is 0 Å². The molecule has 0 bridgehead atoms. The van der Waals surface area contributed by atoms with Crippen LogP contribution >= 0.6 is 27.5 Å². The summed E-state index contributed by atoms with van der Waals surface area (Å²) in [6.45, 7) is 2.75. The number of hydrogen-bond donors (Lipinski definition) is 2. The van der Waals surface area contributed by atoms with Crippen molar-refractivity contribution in [2.75, 3.05) is 11.9 Å². The van der Waals surface area contributed by atoms with Crippen LogP contribution in [0.25, 0.3) is 0 Å². The molecule has 0 saturated heterocycles. The van der Waals surface area contributed by atoms with Gasteiger partial charge in [0.15, 0.2) is 0 Å². The molecule has 2 aromatic carbocycles. The highest BCUT2D eigenvalue weighted by Gasteiger charge is 2.05. The number of benzene rings is 2. The van der Waals surface area contributed by atoms with E-state index in [1.54, 1.807) is 0 Å². The van der Waals surface area contributed by atoms with Crippen LogP contribution in [0.5, 0.6) is 0 Å². The summed E-state index contributed by atoms with van der Waals surface area (Å²) in [5.74, 6) is -0.0764. The number of halogens is 2. The van der Waals surface area contributed by atoms with Crippen molar-refractivity contribution in [1.82, 2.24) is 5.32 Å².